The van der Waals surface area contributed by atoms with Gasteiger partial charge in [0.15, 0.2) is 0 Å². The van der Waals surface area contributed by atoms with Gasteiger partial charge in [0, 0.05) is 13.7 Å². The van der Waals surface area contributed by atoms with Crippen LogP contribution in [0.3, 0.4) is 0 Å². The van der Waals surface area contributed by atoms with Gasteiger partial charge >= 0.3 is 0 Å². The van der Waals surface area contributed by atoms with Crippen molar-refractivity contribution < 1.29 is 14.3 Å². The van der Waals surface area contributed by atoms with Crippen LogP contribution in [0.1, 0.15) is 13.8 Å². The van der Waals surface area contributed by atoms with E-state index in [0.29, 0.717) is 13.2 Å². The molecule has 0 aliphatic carbocycles. The van der Waals surface area contributed by atoms with Gasteiger partial charge in [-0.2, -0.15) is 0 Å². The number of hydrogen-bond acceptors (Lipinski definition) is 3. The van der Waals surface area contributed by atoms with E-state index in [0.717, 1.165) is 0 Å². The van der Waals surface area contributed by atoms with E-state index < -0.39 is 11.4 Å². The third-order valence-corrected chi connectivity index (χ3v) is 1.92. The van der Waals surface area contributed by atoms with Gasteiger partial charge in [0.25, 0.3) is 0 Å². The number of alkyl halides is 1. The number of amides is 2. The lowest BCUT2D eigenvalue weighted by molar-refractivity contribution is -0.128. The smallest absolute Gasteiger partial charge is 0.242 e. The van der Waals surface area contributed by atoms with E-state index in [-0.39, 0.29) is 11.8 Å². The number of halogens is 1. The monoisotopic (exact) mass is 236 g/mol. The molecule has 0 fully saturated rings. The molecule has 0 radical (unpaired) electrons. The molecule has 0 bridgehead atoms. The van der Waals surface area contributed by atoms with Crippen LogP contribution in [0.4, 0.5) is 0 Å². The minimum absolute atomic E-state index is 0.252. The molecule has 2 N–H and O–H groups in total. The van der Waals surface area contributed by atoms with Gasteiger partial charge in [0.2, 0.25) is 11.8 Å². The van der Waals surface area contributed by atoms with Crippen molar-refractivity contribution in [2.24, 2.45) is 0 Å². The third kappa shape index (κ3) is 6.30. The van der Waals surface area contributed by atoms with Crippen LogP contribution in [0, 0.1) is 0 Å². The minimum Gasteiger partial charge on any atom is -0.383 e. The Morgan fingerprint density at radius 3 is 2.40 bits per heavy atom. The van der Waals surface area contributed by atoms with E-state index in [9.17, 15) is 9.59 Å². The van der Waals surface area contributed by atoms with Crippen molar-refractivity contribution in [3.05, 3.63) is 0 Å². The zero-order valence-corrected chi connectivity index (χ0v) is 9.93. The lowest BCUT2D eigenvalue weighted by Gasteiger charge is -2.14. The number of methoxy groups -OCH3 is 1. The first-order valence-electron chi connectivity index (χ1n) is 4.70. The Kier molecular flexibility index (Phi) is 7.07. The summed E-state index contributed by atoms with van der Waals surface area (Å²) in [5, 5.41) is 4.45. The molecule has 0 saturated heterocycles. The summed E-state index contributed by atoms with van der Waals surface area (Å²) >= 11 is 5.54. The molecule has 6 heteroatoms. The maximum Gasteiger partial charge on any atom is 0.242 e. The standard InChI is InChI=1S/C9H17ClN2O3/c1-6(10)8(13)12-7(2)9(14)11-4-5-15-3/h6-7H,4-5H2,1-3H3,(H,11,14)(H,12,13). The topological polar surface area (TPSA) is 67.4 Å². The summed E-state index contributed by atoms with van der Waals surface area (Å²) in [6.07, 6.45) is 0. The van der Waals surface area contributed by atoms with Gasteiger partial charge in [0.05, 0.1) is 6.61 Å². The van der Waals surface area contributed by atoms with Gasteiger partial charge < -0.3 is 15.4 Å². The Morgan fingerprint density at radius 2 is 1.93 bits per heavy atom. The number of carbonyl (C=O) groups is 2. The number of ether oxygens (including phenoxy) is 1. The molecule has 2 amide bonds. The highest BCUT2D eigenvalue weighted by Gasteiger charge is 2.17. The SMILES string of the molecule is COCCNC(=O)C(C)NC(=O)C(C)Cl. The van der Waals surface area contributed by atoms with Crippen molar-refractivity contribution in [3.63, 3.8) is 0 Å². The summed E-state index contributed by atoms with van der Waals surface area (Å²) < 4.78 is 4.77. The Morgan fingerprint density at radius 1 is 1.33 bits per heavy atom. The normalized spacial score (nSPS) is 14.1. The van der Waals surface area contributed by atoms with Gasteiger partial charge in [-0.15, -0.1) is 11.6 Å². The highest BCUT2D eigenvalue weighted by Crippen LogP contribution is 1.94. The Balaban J connectivity index is 3.83. The molecule has 15 heavy (non-hydrogen) atoms. The van der Waals surface area contributed by atoms with Crippen molar-refractivity contribution in [3.8, 4) is 0 Å². The molecule has 0 aromatic heterocycles. The van der Waals surface area contributed by atoms with Gasteiger partial charge in [-0.1, -0.05) is 0 Å². The second-order valence-corrected chi connectivity index (χ2v) is 3.78. The molecule has 2 unspecified atom stereocenters. The maximum atomic E-state index is 11.4. The zero-order chi connectivity index (χ0) is 11.8. The van der Waals surface area contributed by atoms with E-state index in [1.165, 1.54) is 0 Å². The van der Waals surface area contributed by atoms with Crippen molar-refractivity contribution in [2.45, 2.75) is 25.3 Å². The first kappa shape index (κ1) is 14.2. The molecule has 0 spiro atoms. The fraction of sp³-hybridized carbons (Fsp3) is 0.778. The lowest BCUT2D eigenvalue weighted by Crippen LogP contribution is -2.47. The predicted molar refractivity (Wildman–Crippen MR) is 57.8 cm³/mol. The molecule has 0 aliphatic rings. The predicted octanol–water partition coefficient (Wildman–Crippen LogP) is -0.119. The van der Waals surface area contributed by atoms with Gasteiger partial charge in [-0.05, 0) is 13.8 Å². The second-order valence-electron chi connectivity index (χ2n) is 3.13. The Labute approximate surface area is 94.5 Å². The summed E-state index contributed by atoms with van der Waals surface area (Å²) in [4.78, 5) is 22.5. The van der Waals surface area contributed by atoms with Crippen LogP contribution in [-0.2, 0) is 14.3 Å². The fourth-order valence-corrected chi connectivity index (χ4v) is 0.886. The molecule has 0 aliphatic heterocycles. The largest absolute Gasteiger partial charge is 0.383 e. The van der Waals surface area contributed by atoms with Crippen LogP contribution in [-0.4, -0.2) is 43.5 Å². The molecule has 5 nitrogen and oxygen atoms in total. The molecular formula is C9H17ClN2O3. The molecule has 0 rings (SSSR count). The van der Waals surface area contributed by atoms with Gasteiger partial charge in [-0.3, -0.25) is 9.59 Å². The van der Waals surface area contributed by atoms with E-state index in [2.05, 4.69) is 10.6 Å². The highest BCUT2D eigenvalue weighted by molar-refractivity contribution is 6.30. The summed E-state index contributed by atoms with van der Waals surface area (Å²) in [6.45, 7) is 4.01. The van der Waals surface area contributed by atoms with Crippen LogP contribution in [0.25, 0.3) is 0 Å². The van der Waals surface area contributed by atoms with Crippen LogP contribution in [0.2, 0.25) is 0 Å². The summed E-state index contributed by atoms with van der Waals surface area (Å²) in [5.41, 5.74) is 0. The molecule has 2 atom stereocenters. The second kappa shape index (κ2) is 7.48. The molecule has 0 aromatic carbocycles. The number of nitrogens with one attached hydrogen (secondary N) is 2. The van der Waals surface area contributed by atoms with E-state index in [1.807, 2.05) is 0 Å². The molecule has 88 valence electrons. The van der Waals surface area contributed by atoms with Crippen LogP contribution < -0.4 is 10.6 Å². The molecule has 0 heterocycles. The average molecular weight is 237 g/mol. The van der Waals surface area contributed by atoms with Crippen LogP contribution in [0.5, 0.6) is 0 Å². The van der Waals surface area contributed by atoms with E-state index in [1.54, 1.807) is 21.0 Å². The molecule has 0 saturated carbocycles. The molecular weight excluding hydrogens is 220 g/mol. The first-order valence-corrected chi connectivity index (χ1v) is 5.13. The summed E-state index contributed by atoms with van der Waals surface area (Å²) in [6, 6.07) is -0.587. The van der Waals surface area contributed by atoms with E-state index in [4.69, 9.17) is 16.3 Å². The summed E-state index contributed by atoms with van der Waals surface area (Å²) in [7, 11) is 1.55. The number of hydrogen-bond donors (Lipinski definition) is 2. The van der Waals surface area contributed by atoms with Crippen molar-refractivity contribution in [1.29, 1.82) is 0 Å². The first-order chi connectivity index (χ1) is 6.99. The van der Waals surface area contributed by atoms with E-state index >= 15 is 0 Å². The highest BCUT2D eigenvalue weighted by atomic mass is 35.5. The number of carbonyl (C=O) groups excluding carboxylic acids is 2. The maximum absolute atomic E-state index is 11.4. The Hall–Kier alpha value is -0.810. The Bertz CT molecular complexity index is 221. The van der Waals surface area contributed by atoms with Crippen molar-refractivity contribution in [2.75, 3.05) is 20.3 Å². The van der Waals surface area contributed by atoms with Gasteiger partial charge in [0.1, 0.15) is 11.4 Å². The quantitative estimate of drug-likeness (QED) is 0.499. The van der Waals surface area contributed by atoms with Crippen molar-refractivity contribution in [1.82, 2.24) is 10.6 Å². The van der Waals surface area contributed by atoms with Crippen LogP contribution >= 0.6 is 11.6 Å². The summed E-state index contributed by atoms with van der Waals surface area (Å²) in [5.74, 6) is -0.608. The average Bonchev–Trinajstić information content (AvgIpc) is 2.17. The lowest BCUT2D eigenvalue weighted by atomic mass is 10.3. The molecule has 0 aromatic rings. The van der Waals surface area contributed by atoms with Crippen molar-refractivity contribution >= 4 is 23.4 Å². The zero-order valence-electron chi connectivity index (χ0n) is 9.17. The fourth-order valence-electron chi connectivity index (χ4n) is 0.823. The minimum atomic E-state index is -0.640. The van der Waals surface area contributed by atoms with Gasteiger partial charge in [-0.25, -0.2) is 0 Å². The van der Waals surface area contributed by atoms with Crippen LogP contribution in [0.15, 0.2) is 0 Å². The number of rotatable bonds is 6. The third-order valence-electron chi connectivity index (χ3n) is 1.72.